The van der Waals surface area contributed by atoms with Crippen LogP contribution in [0.3, 0.4) is 0 Å². The molecule has 0 spiro atoms. The highest BCUT2D eigenvalue weighted by Gasteiger charge is 2.37. The molecule has 2 aromatic rings. The summed E-state index contributed by atoms with van der Waals surface area (Å²) in [4.78, 5) is 21.4. The fourth-order valence-electron chi connectivity index (χ4n) is 4.64. The summed E-state index contributed by atoms with van der Waals surface area (Å²) >= 11 is 0. The average Bonchev–Trinajstić information content (AvgIpc) is 3.31. The Kier molecular flexibility index (Phi) is 7.80. The van der Waals surface area contributed by atoms with E-state index in [1.165, 1.54) is 12.1 Å². The van der Waals surface area contributed by atoms with Crippen molar-refractivity contribution < 1.29 is 32.0 Å². The minimum atomic E-state index is -4.75. The van der Waals surface area contributed by atoms with Crippen molar-refractivity contribution in [2.24, 2.45) is 5.73 Å². The van der Waals surface area contributed by atoms with Gasteiger partial charge in [-0.2, -0.15) is 4.98 Å². The highest BCUT2D eigenvalue weighted by Crippen LogP contribution is 2.37. The van der Waals surface area contributed by atoms with Gasteiger partial charge in [0.2, 0.25) is 5.89 Å². The molecule has 3 heterocycles. The molecule has 0 saturated carbocycles. The molecule has 192 valence electrons. The van der Waals surface area contributed by atoms with Gasteiger partial charge in [-0.05, 0) is 37.0 Å². The first-order valence-corrected chi connectivity index (χ1v) is 11.7. The van der Waals surface area contributed by atoms with E-state index in [1.54, 1.807) is 29.0 Å². The lowest BCUT2D eigenvalue weighted by Crippen LogP contribution is -2.52. The number of halogens is 3. The quantitative estimate of drug-likeness (QED) is 0.653. The van der Waals surface area contributed by atoms with Crippen LogP contribution in [-0.4, -0.2) is 78.3 Å². The summed E-state index contributed by atoms with van der Waals surface area (Å²) in [6.45, 7) is 2.50. The zero-order chi connectivity index (χ0) is 25.0. The molecule has 1 aromatic carbocycles. The molecule has 2 saturated heterocycles. The molecule has 4 rings (SSSR count). The summed E-state index contributed by atoms with van der Waals surface area (Å²) in [6.07, 6.45) is -2.14. The fraction of sp³-hybridized carbons (Fsp3) is 0.609. The predicted octanol–water partition coefficient (Wildman–Crippen LogP) is 3.27. The Morgan fingerprint density at radius 2 is 1.83 bits per heavy atom. The van der Waals surface area contributed by atoms with Gasteiger partial charge in [-0.3, -0.25) is 0 Å². The number of urea groups is 1. The smallest absolute Gasteiger partial charge is 0.406 e. The van der Waals surface area contributed by atoms with Crippen LogP contribution in [0.15, 0.2) is 28.8 Å². The largest absolute Gasteiger partial charge is 0.573 e. The molecule has 2 fully saturated rings. The Morgan fingerprint density at radius 3 is 2.49 bits per heavy atom. The molecular formula is C23H30F3N5O4. The molecule has 9 nitrogen and oxygen atoms in total. The van der Waals surface area contributed by atoms with Crippen LogP contribution in [0.2, 0.25) is 0 Å². The van der Waals surface area contributed by atoms with Gasteiger partial charge in [0.05, 0.1) is 12.5 Å². The predicted molar refractivity (Wildman–Crippen MR) is 119 cm³/mol. The maximum Gasteiger partial charge on any atom is 0.573 e. The molecule has 0 aliphatic carbocycles. The summed E-state index contributed by atoms with van der Waals surface area (Å²) in [5.74, 6) is 0.348. The molecule has 0 radical (unpaired) electrons. The van der Waals surface area contributed by atoms with Crippen molar-refractivity contribution in [3.05, 3.63) is 41.5 Å². The highest BCUT2D eigenvalue weighted by molar-refractivity contribution is 5.75. The SMILES string of the molecule is COCCc1noc(C2CC(c3ccc(OC(F)(F)F)cc3)CN(C(=O)N3CCC(N)CC3)C2)n1. The summed E-state index contributed by atoms with van der Waals surface area (Å²) in [6, 6.07) is 5.81. The molecule has 12 heteroatoms. The van der Waals surface area contributed by atoms with E-state index in [0.29, 0.717) is 57.3 Å². The standard InChI is InChI=1S/C23H30F3N5O4/c1-33-11-8-20-28-21(35-29-20)17-12-16(15-2-4-19(5-3-15)34-23(24,25)26)13-31(14-17)22(32)30-9-6-18(27)7-10-30/h2-5,16-18H,6-14,27H2,1H3. The minimum Gasteiger partial charge on any atom is -0.406 e. The van der Waals surface area contributed by atoms with Gasteiger partial charge in [0, 0.05) is 51.7 Å². The maximum absolute atomic E-state index is 13.4. The summed E-state index contributed by atoms with van der Waals surface area (Å²) in [7, 11) is 1.59. The van der Waals surface area contributed by atoms with E-state index < -0.39 is 6.36 Å². The minimum absolute atomic E-state index is 0.0808. The summed E-state index contributed by atoms with van der Waals surface area (Å²) in [5.41, 5.74) is 6.80. The third-order valence-electron chi connectivity index (χ3n) is 6.48. The van der Waals surface area contributed by atoms with E-state index in [0.717, 1.165) is 18.4 Å². The van der Waals surface area contributed by atoms with E-state index in [4.69, 9.17) is 15.0 Å². The number of piperidine rings is 2. The maximum atomic E-state index is 13.4. The lowest BCUT2D eigenvalue weighted by atomic mass is 9.84. The second kappa shape index (κ2) is 10.8. The molecule has 35 heavy (non-hydrogen) atoms. The second-order valence-corrected chi connectivity index (χ2v) is 9.05. The lowest BCUT2D eigenvalue weighted by Gasteiger charge is -2.40. The Balaban J connectivity index is 1.53. The van der Waals surface area contributed by atoms with Crippen molar-refractivity contribution >= 4 is 6.03 Å². The topological polar surface area (TPSA) is 107 Å². The lowest BCUT2D eigenvalue weighted by molar-refractivity contribution is -0.274. The van der Waals surface area contributed by atoms with Crippen LogP contribution in [0, 0.1) is 0 Å². The molecule has 2 atom stereocenters. The number of benzene rings is 1. The Labute approximate surface area is 201 Å². The van der Waals surface area contributed by atoms with Crippen molar-refractivity contribution in [1.29, 1.82) is 0 Å². The number of methoxy groups -OCH3 is 1. The first kappa shape index (κ1) is 25.2. The number of hydrogen-bond donors (Lipinski definition) is 1. The molecule has 2 unspecified atom stereocenters. The van der Waals surface area contributed by atoms with E-state index in [2.05, 4.69) is 14.9 Å². The molecule has 2 aliphatic rings. The number of nitrogens with zero attached hydrogens (tertiary/aromatic N) is 4. The number of aromatic nitrogens is 2. The van der Waals surface area contributed by atoms with Gasteiger partial charge in [0.25, 0.3) is 0 Å². The fourth-order valence-corrected chi connectivity index (χ4v) is 4.64. The van der Waals surface area contributed by atoms with Crippen LogP contribution in [0.25, 0.3) is 0 Å². The molecule has 2 aliphatic heterocycles. The summed E-state index contributed by atoms with van der Waals surface area (Å²) in [5, 5.41) is 4.02. The molecule has 2 amide bonds. The number of amides is 2. The van der Waals surface area contributed by atoms with Gasteiger partial charge < -0.3 is 29.5 Å². The molecule has 0 bridgehead atoms. The second-order valence-electron chi connectivity index (χ2n) is 9.05. The van der Waals surface area contributed by atoms with Crippen LogP contribution in [0.5, 0.6) is 5.75 Å². The molecular weight excluding hydrogens is 467 g/mol. The number of carbonyl (C=O) groups excluding carboxylic acids is 1. The van der Waals surface area contributed by atoms with Crippen LogP contribution >= 0.6 is 0 Å². The van der Waals surface area contributed by atoms with Crippen molar-refractivity contribution in [3.63, 3.8) is 0 Å². The number of nitrogens with two attached hydrogens (primary N) is 1. The van der Waals surface area contributed by atoms with Gasteiger partial charge in [0.15, 0.2) is 5.82 Å². The third-order valence-corrected chi connectivity index (χ3v) is 6.48. The van der Waals surface area contributed by atoms with Gasteiger partial charge in [0.1, 0.15) is 5.75 Å². The number of carbonyl (C=O) groups is 1. The zero-order valence-corrected chi connectivity index (χ0v) is 19.5. The Bertz CT molecular complexity index is 976. The van der Waals surface area contributed by atoms with Crippen LogP contribution < -0.4 is 10.5 Å². The Morgan fingerprint density at radius 1 is 1.14 bits per heavy atom. The van der Waals surface area contributed by atoms with Crippen molar-refractivity contribution in [2.45, 2.75) is 49.9 Å². The average molecular weight is 498 g/mol. The van der Waals surface area contributed by atoms with Crippen LogP contribution in [0.4, 0.5) is 18.0 Å². The van der Waals surface area contributed by atoms with Crippen molar-refractivity contribution in [2.75, 3.05) is 39.9 Å². The van der Waals surface area contributed by atoms with Gasteiger partial charge in [-0.1, -0.05) is 17.3 Å². The van der Waals surface area contributed by atoms with E-state index in [9.17, 15) is 18.0 Å². The van der Waals surface area contributed by atoms with Crippen molar-refractivity contribution in [3.8, 4) is 5.75 Å². The zero-order valence-electron chi connectivity index (χ0n) is 19.5. The van der Waals surface area contributed by atoms with Gasteiger partial charge >= 0.3 is 12.4 Å². The van der Waals surface area contributed by atoms with E-state index >= 15 is 0 Å². The van der Waals surface area contributed by atoms with Crippen molar-refractivity contribution in [1.82, 2.24) is 19.9 Å². The normalized spacial score (nSPS) is 21.9. The van der Waals surface area contributed by atoms with Crippen LogP contribution in [-0.2, 0) is 11.2 Å². The number of ether oxygens (including phenoxy) is 2. The number of rotatable bonds is 6. The molecule has 2 N–H and O–H groups in total. The monoisotopic (exact) mass is 497 g/mol. The first-order valence-electron chi connectivity index (χ1n) is 11.7. The van der Waals surface area contributed by atoms with Crippen LogP contribution in [0.1, 0.15) is 48.4 Å². The Hall–Kier alpha value is -2.86. The first-order chi connectivity index (χ1) is 16.7. The molecule has 1 aromatic heterocycles. The van der Waals surface area contributed by atoms with Gasteiger partial charge in [-0.25, -0.2) is 4.79 Å². The highest BCUT2D eigenvalue weighted by atomic mass is 19.4. The number of alkyl halides is 3. The summed E-state index contributed by atoms with van der Waals surface area (Å²) < 4.78 is 52.2. The van der Waals surface area contributed by atoms with Gasteiger partial charge in [-0.15, -0.1) is 13.2 Å². The third kappa shape index (κ3) is 6.63. The van der Waals surface area contributed by atoms with E-state index in [1.807, 2.05) is 0 Å². The number of likely N-dealkylation sites (tertiary alicyclic amines) is 2. The number of hydrogen-bond acceptors (Lipinski definition) is 7. The van der Waals surface area contributed by atoms with E-state index in [-0.39, 0.29) is 29.7 Å².